The number of aliphatic carboxylic acids is 2. The summed E-state index contributed by atoms with van der Waals surface area (Å²) in [5, 5.41) is 20.2. The second kappa shape index (κ2) is 42.8. The number of rotatable bonds is 25. The van der Waals surface area contributed by atoms with Crippen molar-refractivity contribution in [2.75, 3.05) is 0 Å². The van der Waals surface area contributed by atoms with Crippen LogP contribution in [0.3, 0.4) is 0 Å². The van der Waals surface area contributed by atoms with E-state index in [2.05, 4.69) is 27.7 Å². The molecule has 221 valence electrons. The standard InChI is InChI=1S/2C12H24O2.C8H17.Sn.H2/c2*1-2-3-4-5-6-7-8-9-10-11-12(13)14;1-3-5-7-8-6-4-2;;/h2*2-11H2,1H3,(H,13,14);1,3-8H2,2H3;;1H/q;;;+2;/p-2. The molecule has 0 aliphatic carbocycles. The number of carboxylic acid groups (broad SMARTS) is 2. The first-order chi connectivity index (χ1) is 17.5. The largest absolute Gasteiger partial charge is 2.00 e. The van der Waals surface area contributed by atoms with Gasteiger partial charge >= 0.3 is 23.9 Å². The second-order valence-corrected chi connectivity index (χ2v) is 10.2. The molecule has 3 radical (unpaired) electrons. The van der Waals surface area contributed by atoms with Crippen LogP contribution in [-0.2, 0) is 9.59 Å². The van der Waals surface area contributed by atoms with Crippen molar-refractivity contribution < 1.29 is 21.2 Å². The van der Waals surface area contributed by atoms with E-state index >= 15 is 0 Å². The summed E-state index contributed by atoms with van der Waals surface area (Å²) in [7, 11) is 0. The Morgan fingerprint density at radius 2 is 0.676 bits per heavy atom. The topological polar surface area (TPSA) is 80.3 Å². The van der Waals surface area contributed by atoms with Crippen LogP contribution >= 0.6 is 0 Å². The van der Waals surface area contributed by atoms with E-state index in [-0.39, 0.29) is 38.2 Å². The quantitative estimate of drug-likeness (QED) is 0.0749. The number of carboxylic acids is 2. The Hall–Kier alpha value is -0.261. The van der Waals surface area contributed by atoms with Crippen LogP contribution in [0.25, 0.3) is 0 Å². The molecule has 37 heavy (non-hydrogen) atoms. The molecule has 0 spiro atoms. The molecule has 0 aromatic heterocycles. The van der Waals surface area contributed by atoms with E-state index in [0.29, 0.717) is 0 Å². The van der Waals surface area contributed by atoms with Gasteiger partial charge in [-0.3, -0.25) is 0 Å². The van der Waals surface area contributed by atoms with E-state index in [1.54, 1.807) is 0 Å². The minimum atomic E-state index is -0.909. The molecule has 0 aromatic carbocycles. The SMILES string of the molecule is CCCCCCCCCCCC(=O)[O-].CCCCCCCCCCCC(=O)[O-].[CH2]CCCCCCC.[HH].[Sn+2]. The molecule has 0 aliphatic heterocycles. The van der Waals surface area contributed by atoms with Gasteiger partial charge in [-0.05, 0) is 25.7 Å². The molecule has 0 rings (SSSR count). The van der Waals surface area contributed by atoms with E-state index < -0.39 is 11.9 Å². The molecule has 0 atom stereocenters. The predicted octanol–water partition coefficient (Wildman–Crippen LogP) is 8.36. The molecule has 4 nitrogen and oxygen atoms in total. The first kappa shape index (κ1) is 43.8. The Morgan fingerprint density at radius 3 is 0.892 bits per heavy atom. The van der Waals surface area contributed by atoms with E-state index in [1.165, 1.54) is 122 Å². The van der Waals surface area contributed by atoms with E-state index in [0.717, 1.165) is 32.1 Å². The van der Waals surface area contributed by atoms with Crippen molar-refractivity contribution in [1.82, 2.24) is 0 Å². The van der Waals surface area contributed by atoms with Gasteiger partial charge in [0.05, 0.1) is 0 Å². The number of carbonyl (C=O) groups excluding carboxylic acids is 2. The second-order valence-electron chi connectivity index (χ2n) is 10.2. The van der Waals surface area contributed by atoms with Crippen molar-refractivity contribution >= 4 is 35.8 Å². The predicted molar refractivity (Wildman–Crippen MR) is 160 cm³/mol. The molecule has 0 N–H and O–H groups in total. The first-order valence-electron chi connectivity index (χ1n) is 15.6. The third kappa shape index (κ3) is 56.9. The molecule has 0 heterocycles. The summed E-state index contributed by atoms with van der Waals surface area (Å²) in [6, 6.07) is 0. The summed E-state index contributed by atoms with van der Waals surface area (Å²) < 4.78 is 0. The van der Waals surface area contributed by atoms with Gasteiger partial charge in [-0.1, -0.05) is 169 Å². The van der Waals surface area contributed by atoms with E-state index in [4.69, 9.17) is 0 Å². The van der Waals surface area contributed by atoms with Crippen molar-refractivity contribution in [2.24, 2.45) is 0 Å². The smallest absolute Gasteiger partial charge is 0.550 e. The maximum atomic E-state index is 10.1. The third-order valence-corrected chi connectivity index (χ3v) is 6.32. The molecule has 0 aliphatic rings. The first-order valence-corrected chi connectivity index (χ1v) is 15.6. The van der Waals surface area contributed by atoms with E-state index in [9.17, 15) is 19.8 Å². The Morgan fingerprint density at radius 1 is 0.459 bits per heavy atom. The van der Waals surface area contributed by atoms with Crippen LogP contribution in [-0.4, -0.2) is 35.8 Å². The summed E-state index contributed by atoms with van der Waals surface area (Å²) in [5.74, 6) is -1.82. The van der Waals surface area contributed by atoms with Gasteiger partial charge in [0.25, 0.3) is 0 Å². The Balaban J connectivity index is -0.000000145. The van der Waals surface area contributed by atoms with Gasteiger partial charge in [0, 0.05) is 13.4 Å². The van der Waals surface area contributed by atoms with Crippen molar-refractivity contribution in [3.05, 3.63) is 6.92 Å². The molecule has 0 amide bonds. The fraction of sp³-hybridized carbons (Fsp3) is 0.906. The summed E-state index contributed by atoms with van der Waals surface area (Å²) in [5.41, 5.74) is 0. The van der Waals surface area contributed by atoms with Gasteiger partial charge in [0.15, 0.2) is 0 Å². The summed E-state index contributed by atoms with van der Waals surface area (Å²) in [6.45, 7) is 10.5. The van der Waals surface area contributed by atoms with Crippen molar-refractivity contribution in [3.8, 4) is 0 Å². The van der Waals surface area contributed by atoms with Gasteiger partial charge < -0.3 is 19.8 Å². The summed E-state index contributed by atoms with van der Waals surface area (Å²) >= 11 is 0. The van der Waals surface area contributed by atoms with Crippen LogP contribution in [0.5, 0.6) is 0 Å². The average Bonchev–Trinajstić information content (AvgIpc) is 2.85. The van der Waals surface area contributed by atoms with Crippen LogP contribution in [0.15, 0.2) is 0 Å². The van der Waals surface area contributed by atoms with Gasteiger partial charge in [-0.25, -0.2) is 0 Å². The van der Waals surface area contributed by atoms with Gasteiger partial charge in [0.2, 0.25) is 0 Å². The Labute approximate surface area is 251 Å². The zero-order valence-corrected chi connectivity index (χ0v) is 28.1. The maximum Gasteiger partial charge on any atom is 2.00 e. The van der Waals surface area contributed by atoms with Crippen LogP contribution in [0.1, 0.15) is 189 Å². The molecule has 0 aromatic rings. The van der Waals surface area contributed by atoms with Crippen molar-refractivity contribution in [1.29, 1.82) is 0 Å². The number of hydrogen-bond donors (Lipinski definition) is 0. The average molecular weight is 633 g/mol. The Bertz CT molecular complexity index is 384. The normalized spacial score (nSPS) is 9.95. The summed E-state index contributed by atoms with van der Waals surface area (Å²) in [4.78, 5) is 20.2. The fourth-order valence-corrected chi connectivity index (χ4v) is 3.94. The molecule has 0 bridgehead atoms. The molecule has 0 fully saturated rings. The minimum absolute atomic E-state index is 0. The maximum absolute atomic E-state index is 10.1. The Kier molecular flexibility index (Phi) is 50.7. The van der Waals surface area contributed by atoms with Crippen LogP contribution in [0, 0.1) is 6.92 Å². The van der Waals surface area contributed by atoms with Crippen LogP contribution in [0.2, 0.25) is 0 Å². The van der Waals surface area contributed by atoms with E-state index in [1.807, 2.05) is 0 Å². The summed E-state index contributed by atoms with van der Waals surface area (Å²) in [6.07, 6.45) is 30.3. The molecule has 0 saturated carbocycles. The van der Waals surface area contributed by atoms with Crippen molar-refractivity contribution in [3.63, 3.8) is 0 Å². The number of unbranched alkanes of at least 4 members (excludes halogenated alkanes) is 21. The monoisotopic (exact) mass is 633 g/mol. The third-order valence-electron chi connectivity index (χ3n) is 6.32. The zero-order chi connectivity index (χ0) is 27.5. The van der Waals surface area contributed by atoms with Crippen LogP contribution < -0.4 is 10.2 Å². The number of hydrogen-bond acceptors (Lipinski definition) is 4. The molecule has 5 heteroatoms. The molecule has 0 saturated heterocycles. The fourth-order valence-electron chi connectivity index (χ4n) is 3.94. The molecular weight excluding hydrogens is 567 g/mol. The van der Waals surface area contributed by atoms with Gasteiger partial charge in [-0.2, -0.15) is 0 Å². The zero-order valence-electron chi connectivity index (χ0n) is 25.2. The van der Waals surface area contributed by atoms with Gasteiger partial charge in [-0.15, -0.1) is 0 Å². The van der Waals surface area contributed by atoms with Gasteiger partial charge in [0.1, 0.15) is 0 Å². The van der Waals surface area contributed by atoms with Crippen LogP contribution in [0.4, 0.5) is 0 Å². The molecular formula is C32H65O4Sn. The van der Waals surface area contributed by atoms with Crippen molar-refractivity contribution in [2.45, 2.75) is 188 Å². The number of carbonyl (C=O) groups is 2. The minimum Gasteiger partial charge on any atom is -0.550 e. The molecule has 0 unspecified atom stereocenters.